The van der Waals surface area contributed by atoms with Gasteiger partial charge in [-0.3, -0.25) is 24.1 Å². The number of hydrogen-bond donors (Lipinski definition) is 4. The van der Waals surface area contributed by atoms with Crippen molar-refractivity contribution in [3.8, 4) is 0 Å². The van der Waals surface area contributed by atoms with Crippen LogP contribution in [0.5, 0.6) is 0 Å². The number of amides is 3. The van der Waals surface area contributed by atoms with E-state index < -0.39 is 64.2 Å². The molecule has 5 rings (SSSR count). The lowest BCUT2D eigenvalue weighted by Gasteiger charge is -2.41. The van der Waals surface area contributed by atoms with Crippen molar-refractivity contribution in [2.24, 2.45) is 16.7 Å². The second-order valence-corrected chi connectivity index (χ2v) is 12.4. The molecule has 2 aromatic carbocycles. The third-order valence-corrected chi connectivity index (χ3v) is 10.6. The summed E-state index contributed by atoms with van der Waals surface area (Å²) in [4.78, 5) is 56.2. The first kappa shape index (κ1) is 28.4. The molecule has 3 aliphatic rings. The van der Waals surface area contributed by atoms with Crippen LogP contribution in [0.25, 0.3) is 11.1 Å². The number of alkyl halides is 1. The first-order chi connectivity index (χ1) is 19.0. The number of likely N-dealkylation sites (tertiary alicyclic amines) is 1. The van der Waals surface area contributed by atoms with E-state index in [2.05, 4.69) is 21.2 Å². The molecule has 0 radical (unpaired) electrons. The minimum Gasteiger partial charge on any atom is -0.394 e. The Hall–Kier alpha value is -3.18. The van der Waals surface area contributed by atoms with Gasteiger partial charge in [0.05, 0.1) is 36.6 Å². The number of nitrogens with one attached hydrogen (secondary N) is 1. The van der Waals surface area contributed by atoms with Crippen molar-refractivity contribution in [1.29, 1.82) is 0 Å². The molecular weight excluding hydrogens is 580 g/mol. The molecule has 210 valence electrons. The number of rotatable bonds is 9. The number of aliphatic hydroxyl groups excluding tert-OH is 3. The van der Waals surface area contributed by atoms with E-state index in [0.717, 1.165) is 16.0 Å². The summed E-state index contributed by atoms with van der Waals surface area (Å²) in [6.07, 6.45) is -0.319. The predicted molar refractivity (Wildman–Crippen MR) is 150 cm³/mol. The number of carbonyl (C=O) groups excluding carboxylic acids is 4. The molecule has 0 spiro atoms. The monoisotopic (exact) mass is 610 g/mol. The lowest BCUT2D eigenvalue weighted by atomic mass is 9.63. The maximum absolute atomic E-state index is 14.4. The number of Topliss-reactive ketones (excluding diaryl/α,β-unsaturated/α-hetero) is 1. The summed E-state index contributed by atoms with van der Waals surface area (Å²) in [6.45, 7) is 1.09. The van der Waals surface area contributed by atoms with Gasteiger partial charge in [-0.15, -0.1) is 0 Å². The molecule has 1 saturated carbocycles. The second-order valence-electron chi connectivity index (χ2n) is 11.1. The van der Waals surface area contributed by atoms with E-state index in [9.17, 15) is 34.5 Å². The average Bonchev–Trinajstić information content (AvgIpc) is 3.35. The van der Waals surface area contributed by atoms with Crippen molar-refractivity contribution in [3.63, 3.8) is 0 Å². The molecule has 40 heavy (non-hydrogen) atoms. The van der Waals surface area contributed by atoms with Gasteiger partial charge in [-0.25, -0.2) is 0 Å². The van der Waals surface area contributed by atoms with Crippen molar-refractivity contribution in [2.75, 3.05) is 26.4 Å². The molecule has 1 aliphatic heterocycles. The van der Waals surface area contributed by atoms with Crippen molar-refractivity contribution >= 4 is 50.6 Å². The fraction of sp³-hybridized carbons (Fsp3) is 0.400. The molecule has 10 heteroatoms. The van der Waals surface area contributed by atoms with Gasteiger partial charge in [-0.2, -0.15) is 0 Å². The number of allylic oxidation sites excluding steroid dienone is 2. The van der Waals surface area contributed by atoms with Gasteiger partial charge in [0.25, 0.3) is 0 Å². The van der Waals surface area contributed by atoms with Crippen molar-refractivity contribution in [3.05, 3.63) is 71.8 Å². The third-order valence-electron chi connectivity index (χ3n) is 8.97. The number of carbonyl (C=O) groups is 4. The van der Waals surface area contributed by atoms with E-state index >= 15 is 0 Å². The normalized spacial score (nSPS) is 29.4. The lowest BCUT2D eigenvalue weighted by Crippen LogP contribution is -2.57. The summed E-state index contributed by atoms with van der Waals surface area (Å²) in [5.74, 6) is -3.05. The molecule has 2 bridgehead atoms. The molecule has 9 nitrogen and oxygen atoms in total. The minimum absolute atomic E-state index is 0.211. The fourth-order valence-corrected chi connectivity index (χ4v) is 8.16. The highest BCUT2D eigenvalue weighted by molar-refractivity contribution is 9.10. The van der Waals surface area contributed by atoms with Crippen LogP contribution in [0.1, 0.15) is 31.4 Å². The van der Waals surface area contributed by atoms with E-state index in [1.807, 2.05) is 60.7 Å². The highest BCUT2D eigenvalue weighted by atomic mass is 79.9. The van der Waals surface area contributed by atoms with Crippen LogP contribution in [0.4, 0.5) is 0 Å². The van der Waals surface area contributed by atoms with Crippen LogP contribution < -0.4 is 5.32 Å². The van der Waals surface area contributed by atoms with Crippen molar-refractivity contribution in [2.45, 2.75) is 30.1 Å². The predicted octanol–water partition coefficient (Wildman–Crippen LogP) is 1.55. The molecule has 4 unspecified atom stereocenters. The number of imide groups is 1. The summed E-state index contributed by atoms with van der Waals surface area (Å²) in [6, 6.07) is 18.8. The fourth-order valence-electron chi connectivity index (χ4n) is 6.91. The van der Waals surface area contributed by atoms with Crippen LogP contribution in [0.15, 0.2) is 60.7 Å². The van der Waals surface area contributed by atoms with Crippen molar-refractivity contribution < 1.29 is 34.5 Å². The van der Waals surface area contributed by atoms with E-state index in [4.69, 9.17) is 0 Å². The number of ketones is 1. The summed E-state index contributed by atoms with van der Waals surface area (Å²) >= 11 is 3.67. The highest BCUT2D eigenvalue weighted by Crippen LogP contribution is 2.77. The molecule has 4 atom stereocenters. The number of benzene rings is 2. The number of fused-ring (bicyclic) bond motifs is 5. The Morgan fingerprint density at radius 1 is 0.900 bits per heavy atom. The first-order valence-corrected chi connectivity index (χ1v) is 13.9. The molecule has 2 aromatic rings. The van der Waals surface area contributed by atoms with E-state index in [-0.39, 0.29) is 18.7 Å². The van der Waals surface area contributed by atoms with Gasteiger partial charge < -0.3 is 20.6 Å². The van der Waals surface area contributed by atoms with E-state index in [1.165, 1.54) is 0 Å². The largest absolute Gasteiger partial charge is 0.394 e. The molecular formula is C30H31BrN2O7. The molecule has 2 aliphatic carbocycles. The molecule has 4 N–H and O–H groups in total. The van der Waals surface area contributed by atoms with E-state index in [0.29, 0.717) is 11.1 Å². The summed E-state index contributed by atoms with van der Waals surface area (Å²) < 4.78 is -1.56. The summed E-state index contributed by atoms with van der Waals surface area (Å²) in [5.41, 5.74) is -1.36. The zero-order valence-corrected chi connectivity index (χ0v) is 23.8. The van der Waals surface area contributed by atoms with Gasteiger partial charge in [-0.05, 0) is 36.1 Å². The van der Waals surface area contributed by atoms with Gasteiger partial charge in [0.1, 0.15) is 9.86 Å². The van der Waals surface area contributed by atoms with Crippen LogP contribution in [-0.4, -0.2) is 80.0 Å². The number of halogens is 1. The number of hydrogen-bond acceptors (Lipinski definition) is 7. The Bertz CT molecular complexity index is 1420. The van der Waals surface area contributed by atoms with Gasteiger partial charge in [0.15, 0.2) is 5.78 Å². The standard InChI is InChI=1S/C30H31BrN2O7/c1-27-21(18-9-5-3-6-10-18)22(19-11-7-4-8-12-19)28(2,25(27)39)30(31)23(27)24(38)33(26(30)40)14-13-20(37)32-29(15-34,16-35)17-36/h3-12,23,34-36H,13-17H2,1-2H3,(H,32,37). The van der Waals surface area contributed by atoms with Crippen LogP contribution in [0.2, 0.25) is 0 Å². The summed E-state index contributed by atoms with van der Waals surface area (Å²) in [5, 5.41) is 31.0. The lowest BCUT2D eigenvalue weighted by molar-refractivity contribution is -0.144. The Kier molecular flexibility index (Phi) is 6.89. The summed E-state index contributed by atoms with van der Waals surface area (Å²) in [7, 11) is 0. The first-order valence-electron chi connectivity index (χ1n) is 13.1. The molecule has 0 aromatic heterocycles. The Morgan fingerprint density at radius 2 is 1.40 bits per heavy atom. The Balaban J connectivity index is 1.57. The SMILES string of the molecule is CC12C(=O)C(C)(C(c3ccccc3)=C1c1ccccc1)C1(Br)C(=O)N(CCC(=O)NC(CO)(CO)CO)C(=O)C21. The van der Waals surface area contributed by atoms with Gasteiger partial charge in [0.2, 0.25) is 17.7 Å². The molecule has 3 amide bonds. The maximum atomic E-state index is 14.4. The Labute approximate surface area is 240 Å². The zero-order valence-electron chi connectivity index (χ0n) is 22.2. The molecule has 2 fully saturated rings. The quantitative estimate of drug-likeness (QED) is 0.249. The Morgan fingerprint density at radius 3 is 1.90 bits per heavy atom. The van der Waals surface area contributed by atoms with E-state index in [1.54, 1.807) is 13.8 Å². The van der Waals surface area contributed by atoms with Crippen LogP contribution in [0, 0.1) is 16.7 Å². The van der Waals surface area contributed by atoms with Crippen LogP contribution >= 0.6 is 15.9 Å². The second kappa shape index (κ2) is 9.73. The third kappa shape index (κ3) is 3.49. The number of nitrogens with zero attached hydrogens (tertiary/aromatic N) is 1. The average molecular weight is 611 g/mol. The molecule has 1 saturated heterocycles. The highest BCUT2D eigenvalue weighted by Gasteiger charge is 2.85. The van der Waals surface area contributed by atoms with Gasteiger partial charge in [0, 0.05) is 13.0 Å². The maximum Gasteiger partial charge on any atom is 0.248 e. The van der Waals surface area contributed by atoms with Crippen LogP contribution in [-0.2, 0) is 19.2 Å². The van der Waals surface area contributed by atoms with Crippen molar-refractivity contribution in [1.82, 2.24) is 10.2 Å². The number of aliphatic hydroxyl groups is 3. The van der Waals surface area contributed by atoms with Crippen LogP contribution in [0.3, 0.4) is 0 Å². The zero-order chi connectivity index (χ0) is 29.1. The van der Waals surface area contributed by atoms with Gasteiger partial charge >= 0.3 is 0 Å². The minimum atomic E-state index is -1.63. The topological polar surface area (TPSA) is 144 Å². The molecule has 1 heterocycles. The van der Waals surface area contributed by atoms with Gasteiger partial charge in [-0.1, -0.05) is 76.6 Å². The smallest absolute Gasteiger partial charge is 0.248 e.